The number of aromatic nitrogens is 1. The van der Waals surface area contributed by atoms with Crippen molar-refractivity contribution in [2.45, 2.75) is 20.4 Å². The lowest BCUT2D eigenvalue weighted by atomic mass is 10.3. The number of esters is 1. The van der Waals surface area contributed by atoms with Crippen LogP contribution in [-0.2, 0) is 16.0 Å². The maximum Gasteiger partial charge on any atom is 0.360 e. The Morgan fingerprint density at radius 1 is 1.44 bits per heavy atom. The van der Waals surface area contributed by atoms with E-state index in [0.29, 0.717) is 12.3 Å². The highest BCUT2D eigenvalue weighted by Crippen LogP contribution is 2.09. The molecule has 0 atom stereocenters. The van der Waals surface area contributed by atoms with Crippen LogP contribution in [0.25, 0.3) is 0 Å². The van der Waals surface area contributed by atoms with Crippen LogP contribution in [0.1, 0.15) is 30.1 Å². The van der Waals surface area contributed by atoms with Gasteiger partial charge in [-0.05, 0) is 0 Å². The topological polar surface area (TPSA) is 64.8 Å². The fourth-order valence-corrected chi connectivity index (χ4v) is 1.57. The minimum atomic E-state index is -0.475. The first-order chi connectivity index (χ1) is 8.79. The number of nitrogens with zero attached hydrogens (tertiary/aromatic N) is 2. The van der Waals surface area contributed by atoms with Crippen molar-refractivity contribution in [1.29, 1.82) is 0 Å². The van der Waals surface area contributed by atoms with Gasteiger partial charge in [0.1, 0.15) is 0 Å². The van der Waals surface area contributed by atoms with Gasteiger partial charge in [-0.3, -0.25) is 4.90 Å². The van der Waals surface area contributed by atoms with Gasteiger partial charge in [-0.15, -0.1) is 0 Å². The van der Waals surface area contributed by atoms with Crippen molar-refractivity contribution in [3.05, 3.63) is 17.5 Å². The van der Waals surface area contributed by atoms with Crippen molar-refractivity contribution in [2.24, 2.45) is 0 Å². The average molecular weight is 256 g/mol. The molecule has 0 amide bonds. The first-order valence-corrected chi connectivity index (χ1v) is 6.13. The second kappa shape index (κ2) is 7.84. The first kappa shape index (κ1) is 14.7. The standard InChI is InChI=1S/C10H14N2O4.C2H6/c1-14-10(13)9-6-8(16-11-9)7-12-2-4-15-5-3-12;1-2/h6H,2-5,7H2,1H3;1-2H3. The molecule has 1 aromatic heterocycles. The molecule has 1 aliphatic heterocycles. The number of morpholine rings is 1. The van der Waals surface area contributed by atoms with Gasteiger partial charge < -0.3 is 14.0 Å². The predicted octanol–water partition coefficient (Wildman–Crippen LogP) is 1.32. The van der Waals surface area contributed by atoms with E-state index < -0.39 is 5.97 Å². The largest absolute Gasteiger partial charge is 0.464 e. The molecule has 6 nitrogen and oxygen atoms in total. The number of carbonyl (C=O) groups is 1. The number of methoxy groups -OCH3 is 1. The summed E-state index contributed by atoms with van der Waals surface area (Å²) >= 11 is 0. The van der Waals surface area contributed by atoms with Gasteiger partial charge in [-0.25, -0.2) is 4.79 Å². The normalized spacial score (nSPS) is 15.7. The third kappa shape index (κ3) is 4.12. The Balaban J connectivity index is 0.000000771. The van der Waals surface area contributed by atoms with E-state index in [0.717, 1.165) is 26.3 Å². The number of carbonyl (C=O) groups excluding carboxylic acids is 1. The minimum Gasteiger partial charge on any atom is -0.464 e. The molecule has 1 fully saturated rings. The van der Waals surface area contributed by atoms with Crippen molar-refractivity contribution in [3.8, 4) is 0 Å². The van der Waals surface area contributed by atoms with Crippen LogP contribution in [0, 0.1) is 0 Å². The lowest BCUT2D eigenvalue weighted by Gasteiger charge is -2.25. The maximum atomic E-state index is 11.1. The zero-order chi connectivity index (χ0) is 13.4. The fraction of sp³-hybridized carbons (Fsp3) is 0.667. The molecule has 0 saturated carbocycles. The second-order valence-electron chi connectivity index (χ2n) is 3.56. The van der Waals surface area contributed by atoms with Crippen molar-refractivity contribution in [2.75, 3.05) is 33.4 Å². The van der Waals surface area contributed by atoms with Gasteiger partial charge in [0, 0.05) is 19.2 Å². The van der Waals surface area contributed by atoms with E-state index in [4.69, 9.17) is 9.26 Å². The van der Waals surface area contributed by atoms with Crippen LogP contribution in [0.4, 0.5) is 0 Å². The molecule has 0 bridgehead atoms. The van der Waals surface area contributed by atoms with Crippen molar-refractivity contribution in [1.82, 2.24) is 10.1 Å². The molecule has 6 heteroatoms. The van der Waals surface area contributed by atoms with E-state index in [9.17, 15) is 4.79 Å². The van der Waals surface area contributed by atoms with Crippen molar-refractivity contribution in [3.63, 3.8) is 0 Å². The molecule has 102 valence electrons. The third-order valence-corrected chi connectivity index (χ3v) is 2.44. The zero-order valence-electron chi connectivity index (χ0n) is 11.1. The minimum absolute atomic E-state index is 0.214. The van der Waals surface area contributed by atoms with Gasteiger partial charge in [0.2, 0.25) is 0 Å². The molecule has 0 radical (unpaired) electrons. The van der Waals surface area contributed by atoms with Gasteiger partial charge in [0.15, 0.2) is 11.5 Å². The molecule has 2 rings (SSSR count). The highest BCUT2D eigenvalue weighted by Gasteiger charge is 2.16. The number of hydrogen-bond donors (Lipinski definition) is 0. The van der Waals surface area contributed by atoms with Crippen LogP contribution in [0.3, 0.4) is 0 Å². The van der Waals surface area contributed by atoms with Crippen LogP contribution < -0.4 is 0 Å². The van der Waals surface area contributed by atoms with E-state index in [1.807, 2.05) is 13.8 Å². The van der Waals surface area contributed by atoms with E-state index in [1.54, 1.807) is 6.07 Å². The molecule has 0 aromatic carbocycles. The summed E-state index contributed by atoms with van der Waals surface area (Å²) in [4.78, 5) is 13.3. The van der Waals surface area contributed by atoms with Gasteiger partial charge >= 0.3 is 5.97 Å². The van der Waals surface area contributed by atoms with Crippen LogP contribution >= 0.6 is 0 Å². The SMILES string of the molecule is CC.COC(=O)c1cc(CN2CCOCC2)on1. The molecular weight excluding hydrogens is 236 g/mol. The van der Waals surface area contributed by atoms with Crippen LogP contribution in [-0.4, -0.2) is 49.4 Å². The Bertz CT molecular complexity index is 359. The summed E-state index contributed by atoms with van der Waals surface area (Å²) in [7, 11) is 1.32. The predicted molar refractivity (Wildman–Crippen MR) is 65.3 cm³/mol. The van der Waals surface area contributed by atoms with Crippen LogP contribution in [0.15, 0.2) is 10.6 Å². The van der Waals surface area contributed by atoms with Gasteiger partial charge in [0.05, 0.1) is 26.9 Å². The lowest BCUT2D eigenvalue weighted by Crippen LogP contribution is -2.35. The van der Waals surface area contributed by atoms with Gasteiger partial charge in [0.25, 0.3) is 0 Å². The molecule has 1 aromatic rings. The highest BCUT2D eigenvalue weighted by molar-refractivity contribution is 5.86. The van der Waals surface area contributed by atoms with Crippen molar-refractivity contribution < 1.29 is 18.8 Å². The summed E-state index contributed by atoms with van der Waals surface area (Å²) in [5.41, 5.74) is 0.214. The Morgan fingerprint density at radius 3 is 2.72 bits per heavy atom. The molecular formula is C12H20N2O4. The monoisotopic (exact) mass is 256 g/mol. The molecule has 0 spiro atoms. The van der Waals surface area contributed by atoms with E-state index in [1.165, 1.54) is 7.11 Å². The molecule has 2 heterocycles. The molecule has 0 N–H and O–H groups in total. The van der Waals surface area contributed by atoms with E-state index in [2.05, 4.69) is 14.8 Å². The summed E-state index contributed by atoms with van der Waals surface area (Å²) in [6, 6.07) is 1.61. The van der Waals surface area contributed by atoms with Crippen LogP contribution in [0.5, 0.6) is 0 Å². The van der Waals surface area contributed by atoms with E-state index >= 15 is 0 Å². The molecule has 0 aliphatic carbocycles. The average Bonchev–Trinajstić information content (AvgIpc) is 2.90. The number of rotatable bonds is 3. The zero-order valence-corrected chi connectivity index (χ0v) is 11.1. The fourth-order valence-electron chi connectivity index (χ4n) is 1.57. The Labute approximate surface area is 107 Å². The summed E-state index contributed by atoms with van der Waals surface area (Å²) in [5, 5.41) is 3.64. The molecule has 18 heavy (non-hydrogen) atoms. The quantitative estimate of drug-likeness (QED) is 0.760. The van der Waals surface area contributed by atoms with Gasteiger partial charge in [-0.2, -0.15) is 0 Å². The van der Waals surface area contributed by atoms with Crippen molar-refractivity contribution >= 4 is 5.97 Å². The Hall–Kier alpha value is -1.40. The Morgan fingerprint density at radius 2 is 2.11 bits per heavy atom. The Kier molecular flexibility index (Phi) is 6.38. The van der Waals surface area contributed by atoms with Crippen LogP contribution in [0.2, 0.25) is 0 Å². The summed E-state index contributed by atoms with van der Waals surface area (Å²) in [6.07, 6.45) is 0. The summed E-state index contributed by atoms with van der Waals surface area (Å²) < 4.78 is 14.8. The highest BCUT2D eigenvalue weighted by atomic mass is 16.5. The second-order valence-corrected chi connectivity index (χ2v) is 3.56. The molecule has 1 aliphatic rings. The number of hydrogen-bond acceptors (Lipinski definition) is 6. The first-order valence-electron chi connectivity index (χ1n) is 6.13. The summed E-state index contributed by atoms with van der Waals surface area (Å²) in [6.45, 7) is 7.85. The lowest BCUT2D eigenvalue weighted by molar-refractivity contribution is 0.0305. The smallest absolute Gasteiger partial charge is 0.360 e. The number of ether oxygens (including phenoxy) is 2. The third-order valence-electron chi connectivity index (χ3n) is 2.44. The summed E-state index contributed by atoms with van der Waals surface area (Å²) in [5.74, 6) is 0.194. The molecule has 0 unspecified atom stereocenters. The molecule has 1 saturated heterocycles. The van der Waals surface area contributed by atoms with Gasteiger partial charge in [-0.1, -0.05) is 19.0 Å². The van der Waals surface area contributed by atoms with E-state index in [-0.39, 0.29) is 5.69 Å². The maximum absolute atomic E-state index is 11.1.